The predicted octanol–water partition coefficient (Wildman–Crippen LogP) is -0.799. The Hall–Kier alpha value is -0.320. The molecule has 60 valence electrons. The van der Waals surface area contributed by atoms with E-state index in [2.05, 4.69) is 0 Å². The summed E-state index contributed by atoms with van der Waals surface area (Å²) in [7, 11) is 0. The Bertz CT molecular complexity index is 141. The molecule has 0 aromatic carbocycles. The Labute approximate surface area is 64.4 Å². The van der Waals surface area contributed by atoms with E-state index in [0.717, 1.165) is 0 Å². The third-order valence-corrected chi connectivity index (χ3v) is 1.72. The molecular formula is C5H10ClNO3. The molecule has 0 aromatic heterocycles. The first kappa shape index (κ1) is 9.68. The molecule has 4 N–H and O–H groups in total. The van der Waals surface area contributed by atoms with Gasteiger partial charge in [-0.1, -0.05) is 0 Å². The molecule has 0 amide bonds. The fourth-order valence-corrected chi connectivity index (χ4v) is 0.912. The predicted molar refractivity (Wildman–Crippen MR) is 37.0 cm³/mol. The van der Waals surface area contributed by atoms with Crippen LogP contribution in [0.1, 0.15) is 6.42 Å². The number of hydrogen-bond donors (Lipinski definition) is 3. The number of aliphatic carboxylic acids is 1. The molecule has 0 aromatic rings. The maximum Gasteiger partial charge on any atom is 0.308 e. The number of aliphatic hydroxyl groups is 1. The molecule has 3 unspecified atom stereocenters. The number of nitrogens with two attached hydrogens (primary N) is 1. The minimum absolute atomic E-state index is 0. The van der Waals surface area contributed by atoms with Crippen LogP contribution in [0.5, 0.6) is 0 Å². The van der Waals surface area contributed by atoms with Crippen LogP contribution in [0.15, 0.2) is 0 Å². The summed E-state index contributed by atoms with van der Waals surface area (Å²) in [6.45, 7) is 0. The highest BCUT2D eigenvalue weighted by molar-refractivity contribution is 5.85. The van der Waals surface area contributed by atoms with Crippen molar-refractivity contribution >= 4 is 18.4 Å². The minimum Gasteiger partial charge on any atom is -0.481 e. The van der Waals surface area contributed by atoms with E-state index in [0.29, 0.717) is 6.42 Å². The Morgan fingerprint density at radius 3 is 2.20 bits per heavy atom. The molecular weight excluding hydrogens is 158 g/mol. The molecule has 0 saturated heterocycles. The van der Waals surface area contributed by atoms with Gasteiger partial charge in [-0.2, -0.15) is 0 Å². The van der Waals surface area contributed by atoms with E-state index in [-0.39, 0.29) is 12.4 Å². The smallest absolute Gasteiger partial charge is 0.308 e. The van der Waals surface area contributed by atoms with Crippen molar-refractivity contribution in [3.63, 3.8) is 0 Å². The van der Waals surface area contributed by atoms with Gasteiger partial charge in [0.15, 0.2) is 0 Å². The zero-order valence-electron chi connectivity index (χ0n) is 5.23. The molecule has 1 aliphatic carbocycles. The van der Waals surface area contributed by atoms with Crippen molar-refractivity contribution in [1.29, 1.82) is 0 Å². The molecule has 1 fully saturated rings. The van der Waals surface area contributed by atoms with Crippen LogP contribution >= 0.6 is 12.4 Å². The minimum atomic E-state index is -0.909. The van der Waals surface area contributed by atoms with Gasteiger partial charge in [-0.25, -0.2) is 0 Å². The number of carboxylic acid groups (broad SMARTS) is 1. The first-order chi connectivity index (χ1) is 4.13. The fourth-order valence-electron chi connectivity index (χ4n) is 0.912. The second-order valence-electron chi connectivity index (χ2n) is 2.33. The van der Waals surface area contributed by atoms with Gasteiger partial charge in [-0.15, -0.1) is 12.4 Å². The van der Waals surface area contributed by atoms with Gasteiger partial charge in [0.1, 0.15) is 0 Å². The fraction of sp³-hybridized carbons (Fsp3) is 0.800. The lowest BCUT2D eigenvalue weighted by atomic mass is 9.77. The SMILES string of the molecule is Cl.NC1C(O)CC1C(=O)O. The van der Waals surface area contributed by atoms with Gasteiger partial charge < -0.3 is 15.9 Å². The number of halogens is 1. The normalized spacial score (nSPS) is 37.6. The molecule has 0 bridgehead atoms. The Kier molecular flexibility index (Phi) is 3.08. The van der Waals surface area contributed by atoms with E-state index in [1.165, 1.54) is 0 Å². The highest BCUT2D eigenvalue weighted by Crippen LogP contribution is 2.25. The molecule has 10 heavy (non-hydrogen) atoms. The lowest BCUT2D eigenvalue weighted by Crippen LogP contribution is -2.55. The van der Waals surface area contributed by atoms with Crippen LogP contribution in [0.3, 0.4) is 0 Å². The van der Waals surface area contributed by atoms with Crippen LogP contribution < -0.4 is 5.73 Å². The number of aliphatic hydroxyl groups excluding tert-OH is 1. The third-order valence-electron chi connectivity index (χ3n) is 1.72. The topological polar surface area (TPSA) is 83.5 Å². The summed E-state index contributed by atoms with van der Waals surface area (Å²) in [5.74, 6) is -1.44. The van der Waals surface area contributed by atoms with Gasteiger partial charge in [0.05, 0.1) is 12.0 Å². The highest BCUT2D eigenvalue weighted by Gasteiger charge is 2.41. The maximum absolute atomic E-state index is 10.1. The second kappa shape index (κ2) is 3.18. The van der Waals surface area contributed by atoms with Crippen molar-refractivity contribution in [3.8, 4) is 0 Å². The number of hydrogen-bond acceptors (Lipinski definition) is 3. The van der Waals surface area contributed by atoms with E-state index in [1.54, 1.807) is 0 Å². The summed E-state index contributed by atoms with van der Waals surface area (Å²) in [4.78, 5) is 10.1. The lowest BCUT2D eigenvalue weighted by Gasteiger charge is -2.35. The van der Waals surface area contributed by atoms with Crippen molar-refractivity contribution in [2.45, 2.75) is 18.6 Å². The highest BCUT2D eigenvalue weighted by atomic mass is 35.5. The zero-order valence-corrected chi connectivity index (χ0v) is 6.04. The van der Waals surface area contributed by atoms with Gasteiger partial charge in [0.25, 0.3) is 0 Å². The molecule has 3 atom stereocenters. The lowest BCUT2D eigenvalue weighted by molar-refractivity contribution is -0.150. The first-order valence-corrected chi connectivity index (χ1v) is 2.79. The average molecular weight is 168 g/mol. The summed E-state index contributed by atoms with van der Waals surface area (Å²) >= 11 is 0. The van der Waals surface area contributed by atoms with Crippen LogP contribution in [0, 0.1) is 5.92 Å². The summed E-state index contributed by atoms with van der Waals surface area (Å²) < 4.78 is 0. The van der Waals surface area contributed by atoms with Gasteiger partial charge in [-0.3, -0.25) is 4.79 Å². The van der Waals surface area contributed by atoms with Crippen LogP contribution in [0.4, 0.5) is 0 Å². The molecule has 4 nitrogen and oxygen atoms in total. The molecule has 0 heterocycles. The van der Waals surface area contributed by atoms with E-state index in [1.807, 2.05) is 0 Å². The van der Waals surface area contributed by atoms with E-state index in [4.69, 9.17) is 15.9 Å². The standard InChI is InChI=1S/C5H9NO3.ClH/c6-4-2(5(8)9)1-3(4)7;/h2-4,7H,1,6H2,(H,8,9);1H. The van der Waals surface area contributed by atoms with E-state index < -0.39 is 24.0 Å². The molecule has 0 radical (unpaired) electrons. The summed E-state index contributed by atoms with van der Waals surface area (Å²) in [6.07, 6.45) is -0.303. The van der Waals surface area contributed by atoms with Crippen molar-refractivity contribution < 1.29 is 15.0 Å². The molecule has 0 aliphatic heterocycles. The Balaban J connectivity index is 0.000000810. The van der Waals surface area contributed by atoms with E-state index in [9.17, 15) is 4.79 Å². The molecule has 1 rings (SSSR count). The van der Waals surface area contributed by atoms with Gasteiger partial charge in [-0.05, 0) is 6.42 Å². The van der Waals surface area contributed by atoms with Crippen molar-refractivity contribution in [1.82, 2.24) is 0 Å². The van der Waals surface area contributed by atoms with Crippen LogP contribution in [0.2, 0.25) is 0 Å². The average Bonchev–Trinajstić information content (AvgIpc) is 1.81. The Morgan fingerprint density at radius 2 is 2.10 bits per heavy atom. The summed E-state index contributed by atoms with van der Waals surface area (Å²) in [5, 5.41) is 17.1. The van der Waals surface area contributed by atoms with Crippen molar-refractivity contribution in [2.24, 2.45) is 11.7 Å². The third kappa shape index (κ3) is 1.39. The zero-order chi connectivity index (χ0) is 7.02. The molecule has 0 spiro atoms. The molecule has 5 heteroatoms. The summed E-state index contributed by atoms with van der Waals surface area (Å²) in [6, 6.07) is -0.553. The Morgan fingerprint density at radius 1 is 1.60 bits per heavy atom. The van der Waals surface area contributed by atoms with Crippen LogP contribution in [-0.2, 0) is 4.79 Å². The summed E-state index contributed by atoms with van der Waals surface area (Å²) in [5.41, 5.74) is 5.24. The monoisotopic (exact) mass is 167 g/mol. The molecule has 1 saturated carbocycles. The second-order valence-corrected chi connectivity index (χ2v) is 2.33. The quantitative estimate of drug-likeness (QED) is 0.478. The van der Waals surface area contributed by atoms with Crippen LogP contribution in [-0.4, -0.2) is 28.3 Å². The first-order valence-electron chi connectivity index (χ1n) is 2.79. The van der Waals surface area contributed by atoms with Crippen LogP contribution in [0.25, 0.3) is 0 Å². The molecule has 1 aliphatic rings. The van der Waals surface area contributed by atoms with Gasteiger partial charge >= 0.3 is 5.97 Å². The van der Waals surface area contributed by atoms with E-state index >= 15 is 0 Å². The van der Waals surface area contributed by atoms with Gasteiger partial charge in [0, 0.05) is 6.04 Å². The number of rotatable bonds is 1. The van der Waals surface area contributed by atoms with Gasteiger partial charge in [0.2, 0.25) is 0 Å². The maximum atomic E-state index is 10.1. The largest absolute Gasteiger partial charge is 0.481 e. The van der Waals surface area contributed by atoms with Crippen molar-refractivity contribution in [3.05, 3.63) is 0 Å². The van der Waals surface area contributed by atoms with Crippen molar-refractivity contribution in [2.75, 3.05) is 0 Å². The number of carboxylic acids is 1. The number of carbonyl (C=O) groups is 1.